The standard InChI is InChI=1S/C8H18O2.2C6H10O4/c1-3-7(6-9)5-8(10)4-2;2*7-5(8)3-1-2-4-6(9)10/h7-10H,3-6H2,1-2H3;2*1-4H2,(H,7,8)(H,9,10). The monoisotopic (exact) mass is 438 g/mol. The lowest BCUT2D eigenvalue weighted by Gasteiger charge is -2.14. The summed E-state index contributed by atoms with van der Waals surface area (Å²) in [6, 6.07) is 0. The third-order valence-electron chi connectivity index (χ3n) is 3.97. The molecule has 0 heterocycles. The van der Waals surface area contributed by atoms with Crippen LogP contribution in [0.1, 0.15) is 84.5 Å². The summed E-state index contributed by atoms with van der Waals surface area (Å²) < 4.78 is 0. The van der Waals surface area contributed by atoms with Gasteiger partial charge in [-0.15, -0.1) is 0 Å². The lowest BCUT2D eigenvalue weighted by molar-refractivity contribution is -0.139. The predicted octanol–water partition coefficient (Wildman–Crippen LogP) is 2.60. The maximum atomic E-state index is 9.90. The second kappa shape index (κ2) is 23.1. The zero-order valence-electron chi connectivity index (χ0n) is 18.0. The molecule has 0 aromatic rings. The summed E-state index contributed by atoms with van der Waals surface area (Å²) in [6.45, 7) is 4.19. The fraction of sp³-hybridized carbons (Fsp3) is 0.800. The minimum atomic E-state index is -0.870. The van der Waals surface area contributed by atoms with E-state index >= 15 is 0 Å². The summed E-state index contributed by atoms with van der Waals surface area (Å²) >= 11 is 0. The van der Waals surface area contributed by atoms with Crippen LogP contribution in [0.25, 0.3) is 0 Å². The van der Waals surface area contributed by atoms with Gasteiger partial charge >= 0.3 is 23.9 Å². The first-order valence-electron chi connectivity index (χ1n) is 10.2. The van der Waals surface area contributed by atoms with E-state index in [1.807, 2.05) is 13.8 Å². The molecule has 0 aliphatic heterocycles. The number of carboxylic acids is 4. The SMILES string of the molecule is CCC(O)CC(CC)CO.O=C(O)CCCCC(=O)O.O=C(O)CCCCC(=O)O. The molecule has 0 saturated carbocycles. The van der Waals surface area contributed by atoms with Crippen LogP contribution >= 0.6 is 0 Å². The lowest BCUT2D eigenvalue weighted by Crippen LogP contribution is -2.14. The van der Waals surface area contributed by atoms with Crippen LogP contribution in [0.15, 0.2) is 0 Å². The number of unbranched alkanes of at least 4 members (excludes halogenated alkanes) is 2. The first kappa shape index (κ1) is 32.5. The Bertz CT molecular complexity index is 397. The summed E-state index contributed by atoms with van der Waals surface area (Å²) in [5, 5.41) is 50.5. The van der Waals surface area contributed by atoms with E-state index in [4.69, 9.17) is 25.5 Å². The largest absolute Gasteiger partial charge is 0.481 e. The number of aliphatic hydroxyl groups excluding tert-OH is 2. The molecule has 0 rings (SSSR count). The van der Waals surface area contributed by atoms with Crippen LogP contribution in [0.3, 0.4) is 0 Å². The van der Waals surface area contributed by atoms with E-state index in [9.17, 15) is 24.3 Å². The van der Waals surface area contributed by atoms with Crippen molar-refractivity contribution >= 4 is 23.9 Å². The number of hydrogen-bond donors (Lipinski definition) is 6. The van der Waals surface area contributed by atoms with Crippen LogP contribution in [-0.4, -0.2) is 67.2 Å². The number of carboxylic acid groups (broad SMARTS) is 4. The van der Waals surface area contributed by atoms with Gasteiger partial charge in [0.15, 0.2) is 0 Å². The summed E-state index contributed by atoms with van der Waals surface area (Å²) in [4.78, 5) is 39.6. The van der Waals surface area contributed by atoms with Crippen molar-refractivity contribution in [3.8, 4) is 0 Å². The van der Waals surface area contributed by atoms with Gasteiger partial charge in [-0.05, 0) is 44.4 Å². The van der Waals surface area contributed by atoms with E-state index in [-0.39, 0.29) is 44.3 Å². The highest BCUT2D eigenvalue weighted by molar-refractivity contribution is 5.68. The second-order valence-electron chi connectivity index (χ2n) is 6.74. The van der Waals surface area contributed by atoms with Gasteiger partial charge in [-0.25, -0.2) is 0 Å². The molecule has 0 saturated heterocycles. The normalized spacial score (nSPS) is 11.7. The van der Waals surface area contributed by atoms with Crippen molar-refractivity contribution in [2.75, 3.05) is 6.61 Å². The second-order valence-corrected chi connectivity index (χ2v) is 6.74. The molecule has 10 nitrogen and oxygen atoms in total. The first-order chi connectivity index (χ1) is 14.0. The minimum Gasteiger partial charge on any atom is -0.481 e. The van der Waals surface area contributed by atoms with E-state index in [1.165, 1.54) is 0 Å². The fourth-order valence-corrected chi connectivity index (χ4v) is 2.03. The molecule has 0 spiro atoms. The van der Waals surface area contributed by atoms with E-state index in [2.05, 4.69) is 0 Å². The summed E-state index contributed by atoms with van der Waals surface area (Å²) in [5.74, 6) is -3.19. The van der Waals surface area contributed by atoms with Crippen LogP contribution in [0, 0.1) is 5.92 Å². The van der Waals surface area contributed by atoms with Gasteiger partial charge in [0, 0.05) is 32.3 Å². The molecule has 0 radical (unpaired) electrons. The molecule has 10 heteroatoms. The number of hydrogen-bond acceptors (Lipinski definition) is 6. The quantitative estimate of drug-likeness (QED) is 0.207. The molecule has 2 unspecified atom stereocenters. The Balaban J connectivity index is -0.000000364. The van der Waals surface area contributed by atoms with Gasteiger partial charge in [0.2, 0.25) is 0 Å². The predicted molar refractivity (Wildman–Crippen MR) is 109 cm³/mol. The van der Waals surface area contributed by atoms with Crippen molar-refractivity contribution in [2.24, 2.45) is 5.92 Å². The van der Waals surface area contributed by atoms with Crippen molar-refractivity contribution in [3.63, 3.8) is 0 Å². The molecule has 0 aromatic heterocycles. The highest BCUT2D eigenvalue weighted by Crippen LogP contribution is 2.11. The van der Waals surface area contributed by atoms with Crippen LogP contribution < -0.4 is 0 Å². The zero-order valence-corrected chi connectivity index (χ0v) is 18.0. The van der Waals surface area contributed by atoms with E-state index in [0.29, 0.717) is 25.7 Å². The van der Waals surface area contributed by atoms with Crippen molar-refractivity contribution < 1.29 is 49.8 Å². The van der Waals surface area contributed by atoms with Gasteiger partial charge < -0.3 is 30.6 Å². The molecule has 0 aliphatic carbocycles. The van der Waals surface area contributed by atoms with Gasteiger partial charge in [-0.1, -0.05) is 20.3 Å². The molecule has 6 N–H and O–H groups in total. The molecule has 0 aromatic carbocycles. The molecular formula is C20H38O10. The Morgan fingerprint density at radius 3 is 1.10 bits per heavy atom. The fourth-order valence-electron chi connectivity index (χ4n) is 2.03. The number of aliphatic hydroxyl groups is 2. The third-order valence-corrected chi connectivity index (χ3v) is 3.97. The Morgan fingerprint density at radius 2 is 0.933 bits per heavy atom. The van der Waals surface area contributed by atoms with Crippen LogP contribution in [0.4, 0.5) is 0 Å². The third kappa shape index (κ3) is 33.4. The molecule has 30 heavy (non-hydrogen) atoms. The van der Waals surface area contributed by atoms with Crippen molar-refractivity contribution in [2.45, 2.75) is 90.6 Å². The highest BCUT2D eigenvalue weighted by Gasteiger charge is 2.09. The van der Waals surface area contributed by atoms with Crippen LogP contribution in [0.2, 0.25) is 0 Å². The van der Waals surface area contributed by atoms with Crippen molar-refractivity contribution in [1.29, 1.82) is 0 Å². The molecular weight excluding hydrogens is 400 g/mol. The average molecular weight is 439 g/mol. The molecule has 0 fully saturated rings. The molecule has 0 bridgehead atoms. The molecule has 178 valence electrons. The maximum absolute atomic E-state index is 9.90. The van der Waals surface area contributed by atoms with Gasteiger partial charge in [-0.3, -0.25) is 19.2 Å². The number of carbonyl (C=O) groups is 4. The molecule has 2 atom stereocenters. The van der Waals surface area contributed by atoms with Crippen LogP contribution in [0.5, 0.6) is 0 Å². The topological polar surface area (TPSA) is 190 Å². The molecule has 0 amide bonds. The van der Waals surface area contributed by atoms with Crippen molar-refractivity contribution in [1.82, 2.24) is 0 Å². The Labute approximate surface area is 177 Å². The van der Waals surface area contributed by atoms with Gasteiger partial charge in [0.25, 0.3) is 0 Å². The van der Waals surface area contributed by atoms with E-state index < -0.39 is 23.9 Å². The summed E-state index contributed by atoms with van der Waals surface area (Å²) in [5.41, 5.74) is 0. The number of aliphatic carboxylic acids is 4. The van der Waals surface area contributed by atoms with Gasteiger partial charge in [0.1, 0.15) is 0 Å². The maximum Gasteiger partial charge on any atom is 0.303 e. The van der Waals surface area contributed by atoms with Gasteiger partial charge in [-0.2, -0.15) is 0 Å². The first-order valence-corrected chi connectivity index (χ1v) is 10.2. The average Bonchev–Trinajstić information content (AvgIpc) is 2.67. The Morgan fingerprint density at radius 1 is 0.633 bits per heavy atom. The van der Waals surface area contributed by atoms with Crippen LogP contribution in [-0.2, 0) is 19.2 Å². The zero-order chi connectivity index (χ0) is 23.9. The number of rotatable bonds is 15. The Kier molecular flexibility index (Phi) is 25.0. The minimum absolute atomic E-state index is 0.0628. The van der Waals surface area contributed by atoms with Crippen molar-refractivity contribution in [3.05, 3.63) is 0 Å². The molecule has 0 aliphatic rings. The smallest absolute Gasteiger partial charge is 0.303 e. The highest BCUT2D eigenvalue weighted by atomic mass is 16.4. The van der Waals surface area contributed by atoms with E-state index in [0.717, 1.165) is 19.3 Å². The summed E-state index contributed by atoms with van der Waals surface area (Å²) in [7, 11) is 0. The van der Waals surface area contributed by atoms with E-state index in [1.54, 1.807) is 0 Å². The summed E-state index contributed by atoms with van der Waals surface area (Å²) in [6.07, 6.45) is 4.29. The van der Waals surface area contributed by atoms with Gasteiger partial charge in [0.05, 0.1) is 6.10 Å². The Hall–Kier alpha value is -2.20. The lowest BCUT2D eigenvalue weighted by atomic mass is 9.99.